The highest BCUT2D eigenvalue weighted by molar-refractivity contribution is 7.98. The van der Waals surface area contributed by atoms with Crippen LogP contribution in [0, 0.1) is 0 Å². The van der Waals surface area contributed by atoms with Gasteiger partial charge in [-0.25, -0.2) is 0 Å². The minimum atomic E-state index is -0.655. The number of aliphatic hydroxyl groups is 1. The van der Waals surface area contributed by atoms with Crippen molar-refractivity contribution in [1.82, 2.24) is 15.1 Å². The maximum Gasteiger partial charge on any atom is 0.0833 e. The summed E-state index contributed by atoms with van der Waals surface area (Å²) >= 11 is 1.66. The molecule has 0 aliphatic heterocycles. The summed E-state index contributed by atoms with van der Waals surface area (Å²) in [5.74, 6) is 0.738. The smallest absolute Gasteiger partial charge is 0.0833 e. The van der Waals surface area contributed by atoms with Crippen molar-refractivity contribution >= 4 is 11.8 Å². The first-order valence-corrected chi connectivity index (χ1v) is 8.37. The highest BCUT2D eigenvalue weighted by Gasteiger charge is 2.18. The highest BCUT2D eigenvalue weighted by atomic mass is 32.2. The fourth-order valence-electron chi connectivity index (χ4n) is 2.16. The van der Waals surface area contributed by atoms with Crippen LogP contribution in [-0.2, 0) is 6.54 Å². The van der Waals surface area contributed by atoms with Crippen LogP contribution in [0.5, 0.6) is 0 Å². The molecule has 0 saturated carbocycles. The molecule has 110 valence electrons. The van der Waals surface area contributed by atoms with Crippen LogP contribution < -0.4 is 5.32 Å². The van der Waals surface area contributed by atoms with Crippen LogP contribution in [-0.4, -0.2) is 39.0 Å². The van der Waals surface area contributed by atoms with Crippen LogP contribution in [0.25, 0.3) is 0 Å². The van der Waals surface area contributed by atoms with Crippen molar-refractivity contribution in [1.29, 1.82) is 0 Å². The van der Waals surface area contributed by atoms with E-state index in [1.807, 2.05) is 13.2 Å². The predicted molar refractivity (Wildman–Crippen MR) is 82.6 cm³/mol. The van der Waals surface area contributed by atoms with Crippen LogP contribution >= 0.6 is 11.8 Å². The molecule has 0 saturated heterocycles. The van der Waals surface area contributed by atoms with Gasteiger partial charge in [-0.2, -0.15) is 16.9 Å². The summed E-state index contributed by atoms with van der Waals surface area (Å²) in [6, 6.07) is 2.54. The summed E-state index contributed by atoms with van der Waals surface area (Å²) in [5.41, 5.74) is 0.379. The van der Waals surface area contributed by atoms with Crippen LogP contribution in [0.2, 0.25) is 0 Å². The molecule has 0 aromatic carbocycles. The Morgan fingerprint density at radius 1 is 1.47 bits per heavy atom. The Kier molecular flexibility index (Phi) is 6.89. The molecule has 0 spiro atoms. The van der Waals surface area contributed by atoms with E-state index in [0.29, 0.717) is 19.1 Å². The Bertz CT molecular complexity index is 361. The molecule has 5 heteroatoms. The largest absolute Gasteiger partial charge is 0.388 e. The van der Waals surface area contributed by atoms with Crippen molar-refractivity contribution in [2.75, 3.05) is 18.6 Å². The highest BCUT2D eigenvalue weighted by Crippen LogP contribution is 2.14. The second-order valence-corrected chi connectivity index (χ2v) is 6.16. The lowest BCUT2D eigenvalue weighted by atomic mass is 10.1. The van der Waals surface area contributed by atoms with Gasteiger partial charge in [0, 0.05) is 25.0 Å². The average Bonchev–Trinajstić information content (AvgIpc) is 2.79. The molecule has 1 rings (SSSR count). The van der Waals surface area contributed by atoms with Gasteiger partial charge in [-0.3, -0.25) is 4.68 Å². The summed E-state index contributed by atoms with van der Waals surface area (Å²) in [6.45, 7) is 7.53. The second-order valence-electron chi connectivity index (χ2n) is 5.29. The summed E-state index contributed by atoms with van der Waals surface area (Å²) in [6.07, 6.45) is 6.27. The van der Waals surface area contributed by atoms with E-state index in [1.54, 1.807) is 11.8 Å². The first-order chi connectivity index (χ1) is 9.02. The van der Waals surface area contributed by atoms with E-state index < -0.39 is 5.60 Å². The molecular weight excluding hydrogens is 258 g/mol. The lowest BCUT2D eigenvalue weighted by molar-refractivity contribution is 0.0845. The Morgan fingerprint density at radius 3 is 2.74 bits per heavy atom. The number of hydrogen-bond acceptors (Lipinski definition) is 4. The van der Waals surface area contributed by atoms with Crippen molar-refractivity contribution in [3.8, 4) is 0 Å². The standard InChI is InChI=1S/C14H27N3OS/c1-5-13(6-2)17-8-7-12(16-17)9-15-10-14(3,18)11-19-4/h7-8,13,15,18H,5-6,9-11H2,1-4H3. The number of thioether (sulfide) groups is 1. The Hall–Kier alpha value is -0.520. The number of rotatable bonds is 9. The van der Waals surface area contributed by atoms with E-state index in [1.165, 1.54) is 0 Å². The number of nitrogens with one attached hydrogen (secondary N) is 1. The van der Waals surface area contributed by atoms with Crippen molar-refractivity contribution in [3.05, 3.63) is 18.0 Å². The van der Waals surface area contributed by atoms with E-state index in [9.17, 15) is 5.11 Å². The molecule has 0 fully saturated rings. The van der Waals surface area contributed by atoms with Crippen molar-refractivity contribution in [3.63, 3.8) is 0 Å². The predicted octanol–water partition coefficient (Wildman–Crippen LogP) is 2.45. The maximum atomic E-state index is 10.1. The van der Waals surface area contributed by atoms with Crippen molar-refractivity contribution < 1.29 is 5.11 Å². The molecule has 2 N–H and O–H groups in total. The molecule has 0 aliphatic rings. The lowest BCUT2D eigenvalue weighted by Gasteiger charge is -2.22. The second kappa shape index (κ2) is 7.92. The number of nitrogens with zero attached hydrogens (tertiary/aromatic N) is 2. The molecule has 1 unspecified atom stereocenters. The van der Waals surface area contributed by atoms with Gasteiger partial charge in [0.15, 0.2) is 0 Å². The number of aromatic nitrogens is 2. The molecule has 4 nitrogen and oxygen atoms in total. The van der Waals surface area contributed by atoms with E-state index in [2.05, 4.69) is 41.2 Å². The van der Waals surface area contributed by atoms with Crippen molar-refractivity contribution in [2.24, 2.45) is 0 Å². The minimum absolute atomic E-state index is 0.494. The molecule has 0 aliphatic carbocycles. The van der Waals surface area contributed by atoms with Crippen LogP contribution in [0.1, 0.15) is 45.3 Å². The zero-order valence-corrected chi connectivity index (χ0v) is 13.3. The fraction of sp³-hybridized carbons (Fsp3) is 0.786. The maximum absolute atomic E-state index is 10.1. The molecule has 1 atom stereocenters. The Balaban J connectivity index is 2.42. The summed E-state index contributed by atoms with van der Waals surface area (Å²) < 4.78 is 2.05. The third kappa shape index (κ3) is 5.55. The van der Waals surface area contributed by atoms with Gasteiger partial charge in [0.1, 0.15) is 0 Å². The molecule has 0 bridgehead atoms. The van der Waals surface area contributed by atoms with E-state index in [0.717, 1.165) is 24.3 Å². The number of hydrogen-bond donors (Lipinski definition) is 2. The first-order valence-electron chi connectivity index (χ1n) is 6.98. The molecule has 0 radical (unpaired) electrons. The lowest BCUT2D eigenvalue weighted by Crippen LogP contribution is -2.39. The van der Waals surface area contributed by atoms with E-state index in [-0.39, 0.29) is 0 Å². The van der Waals surface area contributed by atoms with Crippen molar-refractivity contribution in [2.45, 2.75) is 51.8 Å². The van der Waals surface area contributed by atoms with Crippen LogP contribution in [0.3, 0.4) is 0 Å². The SMILES string of the molecule is CCC(CC)n1ccc(CNCC(C)(O)CSC)n1. The molecule has 1 aromatic rings. The summed E-state index contributed by atoms with van der Waals surface area (Å²) in [7, 11) is 0. The topological polar surface area (TPSA) is 50.1 Å². The molecule has 19 heavy (non-hydrogen) atoms. The van der Waals surface area contributed by atoms with Gasteiger partial charge in [0.2, 0.25) is 0 Å². The third-order valence-electron chi connectivity index (χ3n) is 3.25. The Morgan fingerprint density at radius 2 is 2.16 bits per heavy atom. The summed E-state index contributed by atoms with van der Waals surface area (Å²) in [5, 5.41) is 17.9. The van der Waals surface area contributed by atoms with Gasteiger partial charge >= 0.3 is 0 Å². The third-order valence-corrected chi connectivity index (χ3v) is 4.16. The fourth-order valence-corrected chi connectivity index (χ4v) is 2.88. The quantitative estimate of drug-likeness (QED) is 0.732. The molecule has 0 amide bonds. The van der Waals surface area contributed by atoms with E-state index >= 15 is 0 Å². The zero-order chi connectivity index (χ0) is 14.3. The average molecular weight is 285 g/mol. The van der Waals surface area contributed by atoms with Gasteiger partial charge in [0.05, 0.1) is 17.3 Å². The van der Waals surface area contributed by atoms with Gasteiger partial charge in [-0.1, -0.05) is 13.8 Å². The van der Waals surface area contributed by atoms with Gasteiger partial charge in [0.25, 0.3) is 0 Å². The van der Waals surface area contributed by atoms with E-state index in [4.69, 9.17) is 0 Å². The molecule has 1 heterocycles. The monoisotopic (exact) mass is 285 g/mol. The van der Waals surface area contributed by atoms with Gasteiger partial charge in [-0.15, -0.1) is 0 Å². The first kappa shape index (κ1) is 16.5. The zero-order valence-electron chi connectivity index (χ0n) is 12.5. The van der Waals surface area contributed by atoms with Crippen LogP contribution in [0.4, 0.5) is 0 Å². The minimum Gasteiger partial charge on any atom is -0.388 e. The summed E-state index contributed by atoms with van der Waals surface area (Å²) in [4.78, 5) is 0. The molecule has 1 aromatic heterocycles. The Labute approximate surface area is 121 Å². The normalized spacial score (nSPS) is 14.8. The molecular formula is C14H27N3OS. The van der Waals surface area contributed by atoms with Gasteiger partial charge in [-0.05, 0) is 32.1 Å². The van der Waals surface area contributed by atoms with Gasteiger partial charge < -0.3 is 10.4 Å². The van der Waals surface area contributed by atoms with Crippen LogP contribution in [0.15, 0.2) is 12.3 Å².